The van der Waals surface area contributed by atoms with Gasteiger partial charge in [0.15, 0.2) is 11.0 Å². The van der Waals surface area contributed by atoms with E-state index in [-0.39, 0.29) is 17.4 Å². The van der Waals surface area contributed by atoms with Crippen molar-refractivity contribution in [2.75, 3.05) is 12.9 Å². The van der Waals surface area contributed by atoms with Gasteiger partial charge >= 0.3 is 0 Å². The molecule has 0 aliphatic heterocycles. The van der Waals surface area contributed by atoms with Gasteiger partial charge in [-0.2, -0.15) is 5.10 Å². The largest absolute Gasteiger partial charge is 0.507 e. The lowest BCUT2D eigenvalue weighted by Gasteiger charge is -2.11. The number of phenolic OH excluding ortho intramolecular Hbond substituents is 1. The molecule has 1 aromatic heterocycles. The maximum absolute atomic E-state index is 12.5. The molecule has 2 N–H and O–H groups in total. The van der Waals surface area contributed by atoms with Crippen LogP contribution in [-0.4, -0.2) is 44.4 Å². The molecule has 35 heavy (non-hydrogen) atoms. The van der Waals surface area contributed by atoms with Crippen molar-refractivity contribution in [2.45, 2.75) is 12.1 Å². The van der Waals surface area contributed by atoms with Gasteiger partial charge in [0.05, 0.1) is 18.6 Å². The van der Waals surface area contributed by atoms with Gasteiger partial charge in [-0.25, -0.2) is 5.43 Å². The first-order valence-corrected chi connectivity index (χ1v) is 11.9. The van der Waals surface area contributed by atoms with Crippen molar-refractivity contribution >= 4 is 35.0 Å². The fourth-order valence-electron chi connectivity index (χ4n) is 3.26. The lowest BCUT2D eigenvalue weighted by Crippen LogP contribution is -2.21. The molecule has 4 aromatic rings. The highest BCUT2D eigenvalue weighted by molar-refractivity contribution is 7.99. The van der Waals surface area contributed by atoms with E-state index in [1.807, 2.05) is 41.0 Å². The van der Waals surface area contributed by atoms with E-state index in [2.05, 4.69) is 20.7 Å². The molecule has 8 nitrogen and oxygen atoms in total. The Morgan fingerprint density at radius 1 is 1.09 bits per heavy atom. The van der Waals surface area contributed by atoms with Crippen LogP contribution in [0.2, 0.25) is 5.02 Å². The molecule has 178 valence electrons. The minimum atomic E-state index is -0.318. The molecule has 0 unspecified atom stereocenters. The highest BCUT2D eigenvalue weighted by Crippen LogP contribution is 2.29. The van der Waals surface area contributed by atoms with Crippen LogP contribution < -0.4 is 10.2 Å². The summed E-state index contributed by atoms with van der Waals surface area (Å²) in [7, 11) is 1.61. The highest BCUT2D eigenvalue weighted by atomic mass is 35.5. The van der Waals surface area contributed by atoms with Crippen LogP contribution in [-0.2, 0) is 4.79 Å². The summed E-state index contributed by atoms with van der Waals surface area (Å²) in [5.74, 6) is 1.19. The molecule has 0 spiro atoms. The van der Waals surface area contributed by atoms with Gasteiger partial charge in [0.1, 0.15) is 11.5 Å². The number of amides is 1. The number of methoxy groups -OCH3 is 1. The zero-order valence-electron chi connectivity index (χ0n) is 19.0. The molecular formula is C25H22ClN5O3S. The Hall–Kier alpha value is -3.82. The number of carbonyl (C=O) groups excluding carboxylic acids is 1. The first-order chi connectivity index (χ1) is 17.0. The van der Waals surface area contributed by atoms with Crippen molar-refractivity contribution in [3.8, 4) is 28.6 Å². The SMILES string of the molecule is COc1ccc(-c2nnc(SCC(=O)N/N=C(/C)c3ccccc3O)n2-c2ccc(Cl)cc2)cc1. The molecule has 0 atom stereocenters. The lowest BCUT2D eigenvalue weighted by atomic mass is 10.1. The standard InChI is InChI=1S/C25H22ClN5O3S/c1-16(21-5-3-4-6-22(21)32)27-28-23(33)15-35-25-30-29-24(17-7-13-20(34-2)14-8-17)31(25)19-11-9-18(26)10-12-19/h3-14,32H,15H2,1-2H3,(H,28,33)/b27-16-. The molecule has 1 heterocycles. The van der Waals surface area contributed by atoms with Crippen molar-refractivity contribution in [3.63, 3.8) is 0 Å². The quantitative estimate of drug-likeness (QED) is 0.199. The first kappa shape index (κ1) is 24.3. The third-order valence-electron chi connectivity index (χ3n) is 5.04. The molecule has 0 fully saturated rings. The summed E-state index contributed by atoms with van der Waals surface area (Å²) < 4.78 is 7.11. The molecule has 10 heteroatoms. The van der Waals surface area contributed by atoms with Crippen LogP contribution in [0.25, 0.3) is 17.1 Å². The summed E-state index contributed by atoms with van der Waals surface area (Å²) in [4.78, 5) is 12.5. The zero-order chi connectivity index (χ0) is 24.8. The smallest absolute Gasteiger partial charge is 0.250 e. The van der Waals surface area contributed by atoms with Crippen LogP contribution in [0.5, 0.6) is 11.5 Å². The number of hydrogen-bond acceptors (Lipinski definition) is 7. The Kier molecular flexibility index (Phi) is 7.69. The van der Waals surface area contributed by atoms with Gasteiger partial charge in [0, 0.05) is 21.8 Å². The summed E-state index contributed by atoms with van der Waals surface area (Å²) in [6, 6.07) is 21.6. The monoisotopic (exact) mass is 507 g/mol. The van der Waals surface area contributed by atoms with Crippen LogP contribution in [0.15, 0.2) is 83.1 Å². The number of ether oxygens (including phenoxy) is 1. The highest BCUT2D eigenvalue weighted by Gasteiger charge is 2.17. The van der Waals surface area contributed by atoms with E-state index >= 15 is 0 Å². The molecule has 0 aliphatic rings. The minimum absolute atomic E-state index is 0.0614. The van der Waals surface area contributed by atoms with E-state index < -0.39 is 0 Å². The van der Waals surface area contributed by atoms with Crippen LogP contribution in [0.3, 0.4) is 0 Å². The van der Waals surface area contributed by atoms with Gasteiger partial charge in [-0.1, -0.05) is 35.5 Å². The first-order valence-electron chi connectivity index (χ1n) is 10.6. The number of halogens is 1. The number of aromatic nitrogens is 3. The summed E-state index contributed by atoms with van der Waals surface area (Å²) in [6.45, 7) is 1.71. The maximum Gasteiger partial charge on any atom is 0.250 e. The predicted octanol–water partition coefficient (Wildman–Crippen LogP) is 4.93. The van der Waals surface area contributed by atoms with Crippen LogP contribution in [0, 0.1) is 0 Å². The van der Waals surface area contributed by atoms with E-state index in [9.17, 15) is 9.90 Å². The Bertz CT molecular complexity index is 1350. The molecule has 1 amide bonds. The number of phenols is 1. The molecule has 0 aliphatic carbocycles. The third kappa shape index (κ3) is 5.82. The van der Waals surface area contributed by atoms with Crippen molar-refractivity contribution in [1.29, 1.82) is 0 Å². The molecule has 0 radical (unpaired) electrons. The Morgan fingerprint density at radius 2 is 1.80 bits per heavy atom. The number of nitrogens with one attached hydrogen (secondary N) is 1. The zero-order valence-corrected chi connectivity index (χ0v) is 20.5. The van der Waals surface area contributed by atoms with Crippen molar-refractivity contribution in [1.82, 2.24) is 20.2 Å². The van der Waals surface area contributed by atoms with Crippen LogP contribution >= 0.6 is 23.4 Å². The number of para-hydroxylation sites is 1. The number of hydrazone groups is 1. The third-order valence-corrected chi connectivity index (χ3v) is 6.22. The fraction of sp³-hybridized carbons (Fsp3) is 0.120. The summed E-state index contributed by atoms with van der Waals surface area (Å²) >= 11 is 7.31. The van der Waals surface area contributed by atoms with Crippen LogP contribution in [0.1, 0.15) is 12.5 Å². The Balaban J connectivity index is 1.54. The Morgan fingerprint density at radius 3 is 2.49 bits per heavy atom. The van der Waals surface area contributed by atoms with Crippen molar-refractivity contribution in [3.05, 3.63) is 83.4 Å². The van der Waals surface area contributed by atoms with Gasteiger partial charge in [0.25, 0.3) is 5.91 Å². The van der Waals surface area contributed by atoms with Gasteiger partial charge < -0.3 is 9.84 Å². The summed E-state index contributed by atoms with van der Waals surface area (Å²) in [6.07, 6.45) is 0. The lowest BCUT2D eigenvalue weighted by molar-refractivity contribution is -0.118. The molecule has 0 saturated heterocycles. The van der Waals surface area contributed by atoms with E-state index in [1.165, 1.54) is 11.8 Å². The topological polar surface area (TPSA) is 102 Å². The summed E-state index contributed by atoms with van der Waals surface area (Å²) in [5, 5.41) is 23.9. The van der Waals surface area contributed by atoms with Crippen molar-refractivity contribution < 1.29 is 14.6 Å². The molecular weight excluding hydrogens is 486 g/mol. The van der Waals surface area contributed by atoms with E-state index in [4.69, 9.17) is 16.3 Å². The van der Waals surface area contributed by atoms with Crippen LogP contribution in [0.4, 0.5) is 0 Å². The molecule has 0 bridgehead atoms. The van der Waals surface area contributed by atoms with Gasteiger partial charge in [-0.15, -0.1) is 10.2 Å². The minimum Gasteiger partial charge on any atom is -0.507 e. The second-order valence-electron chi connectivity index (χ2n) is 7.38. The Labute approximate surface area is 211 Å². The van der Waals surface area contributed by atoms with Gasteiger partial charge in [-0.05, 0) is 67.6 Å². The second kappa shape index (κ2) is 11.1. The second-order valence-corrected chi connectivity index (χ2v) is 8.76. The summed E-state index contributed by atoms with van der Waals surface area (Å²) in [5.41, 5.74) is 5.21. The number of carbonyl (C=O) groups is 1. The average molecular weight is 508 g/mol. The van der Waals surface area contributed by atoms with E-state index in [0.717, 1.165) is 17.0 Å². The number of hydrogen-bond donors (Lipinski definition) is 2. The fourth-order valence-corrected chi connectivity index (χ4v) is 4.13. The number of thioether (sulfide) groups is 1. The maximum atomic E-state index is 12.5. The average Bonchev–Trinajstić information content (AvgIpc) is 3.30. The van der Waals surface area contributed by atoms with Gasteiger partial charge in [-0.3, -0.25) is 9.36 Å². The number of aromatic hydroxyl groups is 1. The predicted molar refractivity (Wildman–Crippen MR) is 138 cm³/mol. The number of rotatable bonds is 8. The van der Waals surface area contributed by atoms with Gasteiger partial charge in [0.2, 0.25) is 0 Å². The molecule has 0 saturated carbocycles. The number of nitrogens with zero attached hydrogens (tertiary/aromatic N) is 4. The molecule has 4 rings (SSSR count). The van der Waals surface area contributed by atoms with E-state index in [0.29, 0.717) is 27.3 Å². The normalized spacial score (nSPS) is 11.3. The molecule has 3 aromatic carbocycles. The number of benzene rings is 3. The van der Waals surface area contributed by atoms with Crippen molar-refractivity contribution in [2.24, 2.45) is 5.10 Å². The van der Waals surface area contributed by atoms with E-state index in [1.54, 1.807) is 50.4 Å².